The Kier molecular flexibility index (Phi) is 7.18. The average molecular weight is 470 g/mol. The maximum absolute atomic E-state index is 13.9. The van der Waals surface area contributed by atoms with Crippen molar-refractivity contribution in [1.82, 2.24) is 4.98 Å². The van der Waals surface area contributed by atoms with Crippen LogP contribution in [0.2, 0.25) is 0 Å². The van der Waals surface area contributed by atoms with Gasteiger partial charge < -0.3 is 0 Å². The van der Waals surface area contributed by atoms with Crippen molar-refractivity contribution in [3.05, 3.63) is 77.1 Å². The van der Waals surface area contributed by atoms with Crippen molar-refractivity contribution in [1.29, 1.82) is 5.26 Å². The predicted molar refractivity (Wildman–Crippen MR) is 107 cm³/mol. The number of nitriles is 1. The molecule has 1 heterocycles. The van der Waals surface area contributed by atoms with Crippen LogP contribution in [0.15, 0.2) is 64.5 Å². The van der Waals surface area contributed by atoms with E-state index in [-0.39, 0.29) is 32.5 Å². The van der Waals surface area contributed by atoms with E-state index in [1.165, 1.54) is 42.5 Å². The van der Waals surface area contributed by atoms with Gasteiger partial charge in [-0.1, -0.05) is 42.1 Å². The first-order valence-corrected chi connectivity index (χ1v) is 10.5. The molecule has 0 aliphatic rings. The van der Waals surface area contributed by atoms with Gasteiger partial charge in [-0.3, -0.25) is 0 Å². The Labute approximate surface area is 182 Å². The fraction of sp³-hybridized carbons (Fsp3) is 0.143. The van der Waals surface area contributed by atoms with E-state index in [1.54, 1.807) is 12.1 Å². The summed E-state index contributed by atoms with van der Waals surface area (Å²) in [4.78, 5) is 4.43. The summed E-state index contributed by atoms with van der Waals surface area (Å²) in [6.45, 7) is 0. The first-order valence-electron chi connectivity index (χ1n) is 8.63. The van der Waals surface area contributed by atoms with Gasteiger partial charge in [0.25, 0.3) is 5.76 Å². The maximum atomic E-state index is 13.9. The smallest absolute Gasteiger partial charge is 0.240 e. The van der Waals surface area contributed by atoms with E-state index in [2.05, 4.69) is 4.98 Å². The highest BCUT2D eigenvalue weighted by Crippen LogP contribution is 2.39. The lowest BCUT2D eigenvalue weighted by Gasteiger charge is -2.14. The SMILES string of the molecule is N#Cc1c(C(F)(F)F)cc(-c2ccc(SC(F)F)cc2)nc1SCc1ccccc1F. The van der Waals surface area contributed by atoms with Crippen molar-refractivity contribution >= 4 is 23.5 Å². The molecule has 3 rings (SSSR count). The Morgan fingerprint density at radius 3 is 2.29 bits per heavy atom. The largest absolute Gasteiger partial charge is 0.417 e. The number of nitrogens with zero attached hydrogens (tertiary/aromatic N) is 2. The van der Waals surface area contributed by atoms with Gasteiger partial charge >= 0.3 is 6.18 Å². The predicted octanol–water partition coefficient (Wildman–Crippen LogP) is 7.39. The number of benzene rings is 2. The Hall–Kier alpha value is -2.64. The number of pyridine rings is 1. The van der Waals surface area contributed by atoms with Gasteiger partial charge in [0.2, 0.25) is 0 Å². The van der Waals surface area contributed by atoms with Crippen LogP contribution in [0.3, 0.4) is 0 Å². The van der Waals surface area contributed by atoms with E-state index in [0.29, 0.717) is 11.8 Å². The first-order chi connectivity index (χ1) is 14.7. The highest BCUT2D eigenvalue weighted by Gasteiger charge is 2.36. The summed E-state index contributed by atoms with van der Waals surface area (Å²) in [5.74, 6) is -3.18. The van der Waals surface area contributed by atoms with Gasteiger partial charge in [-0.25, -0.2) is 9.37 Å². The van der Waals surface area contributed by atoms with Gasteiger partial charge in [-0.2, -0.15) is 27.2 Å². The molecule has 0 amide bonds. The molecule has 0 aliphatic carbocycles. The maximum Gasteiger partial charge on any atom is 0.417 e. The summed E-state index contributed by atoms with van der Waals surface area (Å²) in [5.41, 5.74) is -1.37. The molecule has 160 valence electrons. The lowest BCUT2D eigenvalue weighted by atomic mass is 10.1. The topological polar surface area (TPSA) is 36.7 Å². The van der Waals surface area contributed by atoms with Crippen LogP contribution >= 0.6 is 23.5 Å². The van der Waals surface area contributed by atoms with E-state index < -0.39 is 28.9 Å². The second kappa shape index (κ2) is 9.66. The second-order valence-electron chi connectivity index (χ2n) is 6.13. The zero-order chi connectivity index (χ0) is 22.6. The molecular weight excluding hydrogens is 458 g/mol. The molecule has 0 unspecified atom stereocenters. The molecular formula is C21H12F6N2S2. The summed E-state index contributed by atoms with van der Waals surface area (Å²) >= 11 is 1.12. The van der Waals surface area contributed by atoms with Crippen LogP contribution in [-0.4, -0.2) is 10.7 Å². The van der Waals surface area contributed by atoms with E-state index in [9.17, 15) is 31.6 Å². The first kappa shape index (κ1) is 23.0. The monoisotopic (exact) mass is 470 g/mol. The molecule has 0 saturated heterocycles. The highest BCUT2D eigenvalue weighted by atomic mass is 32.2. The minimum atomic E-state index is -4.82. The molecule has 1 aromatic heterocycles. The van der Waals surface area contributed by atoms with Crippen molar-refractivity contribution in [3.8, 4) is 17.3 Å². The zero-order valence-electron chi connectivity index (χ0n) is 15.5. The molecule has 0 spiro atoms. The van der Waals surface area contributed by atoms with Gasteiger partial charge in [0, 0.05) is 16.2 Å². The lowest BCUT2D eigenvalue weighted by Crippen LogP contribution is -2.10. The third-order valence-corrected chi connectivity index (χ3v) is 5.85. The normalized spacial score (nSPS) is 11.5. The van der Waals surface area contributed by atoms with Crippen molar-refractivity contribution in [3.63, 3.8) is 0 Å². The molecule has 10 heteroatoms. The molecule has 3 aromatic rings. The number of aromatic nitrogens is 1. The van der Waals surface area contributed by atoms with E-state index in [0.717, 1.165) is 17.8 Å². The van der Waals surface area contributed by atoms with Crippen LogP contribution < -0.4 is 0 Å². The Bertz CT molecular complexity index is 1110. The minimum Gasteiger partial charge on any atom is -0.240 e. The lowest BCUT2D eigenvalue weighted by molar-refractivity contribution is -0.138. The zero-order valence-corrected chi connectivity index (χ0v) is 17.1. The van der Waals surface area contributed by atoms with Gasteiger partial charge in [0.1, 0.15) is 16.9 Å². The number of hydrogen-bond donors (Lipinski definition) is 0. The minimum absolute atomic E-state index is 0.0287. The molecule has 0 bridgehead atoms. The highest BCUT2D eigenvalue weighted by molar-refractivity contribution is 7.99. The molecule has 2 nitrogen and oxygen atoms in total. The average Bonchev–Trinajstić information content (AvgIpc) is 2.72. The molecule has 0 fully saturated rings. The Morgan fingerprint density at radius 1 is 1.03 bits per heavy atom. The van der Waals surface area contributed by atoms with Gasteiger partial charge in [-0.05, 0) is 29.8 Å². The van der Waals surface area contributed by atoms with Gasteiger partial charge in [-0.15, -0.1) is 11.8 Å². The van der Waals surface area contributed by atoms with Gasteiger partial charge in [0.15, 0.2) is 0 Å². The Balaban J connectivity index is 2.03. The number of hydrogen-bond acceptors (Lipinski definition) is 4. The fourth-order valence-electron chi connectivity index (χ4n) is 2.67. The van der Waals surface area contributed by atoms with Crippen molar-refractivity contribution in [2.45, 2.75) is 27.6 Å². The van der Waals surface area contributed by atoms with Crippen LogP contribution in [0.1, 0.15) is 16.7 Å². The number of thioether (sulfide) groups is 2. The summed E-state index contributed by atoms with van der Waals surface area (Å²) in [7, 11) is 0. The second-order valence-corrected chi connectivity index (χ2v) is 8.16. The molecule has 0 radical (unpaired) electrons. The van der Waals surface area contributed by atoms with Crippen LogP contribution in [0.25, 0.3) is 11.3 Å². The van der Waals surface area contributed by atoms with Crippen LogP contribution in [0, 0.1) is 17.1 Å². The molecule has 31 heavy (non-hydrogen) atoms. The van der Waals surface area contributed by atoms with E-state index in [1.807, 2.05) is 0 Å². The molecule has 0 aliphatic heterocycles. The summed E-state index contributed by atoms with van der Waals surface area (Å²) in [6, 6.07) is 13.6. The standard InChI is InChI=1S/C21H12F6N2S2/c22-17-4-2-1-3-13(17)11-30-19-15(10-28)16(21(25,26)27)9-18(29-19)12-5-7-14(8-6-12)31-20(23)24/h1-9,20H,11H2. The van der Waals surface area contributed by atoms with E-state index in [4.69, 9.17) is 0 Å². The van der Waals surface area contributed by atoms with E-state index >= 15 is 0 Å². The molecule has 0 N–H and O–H groups in total. The Morgan fingerprint density at radius 2 is 1.71 bits per heavy atom. The number of rotatable bonds is 6. The molecule has 0 saturated carbocycles. The molecule has 0 atom stereocenters. The van der Waals surface area contributed by atoms with Crippen molar-refractivity contribution in [2.24, 2.45) is 0 Å². The molecule has 2 aromatic carbocycles. The summed E-state index contributed by atoms with van der Waals surface area (Å²) < 4.78 is 79.7. The van der Waals surface area contributed by atoms with Crippen molar-refractivity contribution in [2.75, 3.05) is 0 Å². The fourth-order valence-corrected chi connectivity index (χ4v) is 4.16. The van der Waals surface area contributed by atoms with Gasteiger partial charge in [0.05, 0.1) is 16.8 Å². The number of halogens is 6. The third kappa shape index (κ3) is 5.74. The number of alkyl halides is 5. The van der Waals surface area contributed by atoms with Crippen LogP contribution in [-0.2, 0) is 11.9 Å². The van der Waals surface area contributed by atoms with Crippen LogP contribution in [0.5, 0.6) is 0 Å². The van der Waals surface area contributed by atoms with Crippen LogP contribution in [0.4, 0.5) is 26.3 Å². The van der Waals surface area contributed by atoms with Crippen molar-refractivity contribution < 1.29 is 26.3 Å². The quantitative estimate of drug-likeness (QED) is 0.278. The third-order valence-electron chi connectivity index (χ3n) is 4.10. The summed E-state index contributed by atoms with van der Waals surface area (Å²) in [5, 5.41) is 9.15. The summed E-state index contributed by atoms with van der Waals surface area (Å²) in [6.07, 6.45) is -4.82.